The van der Waals surface area contributed by atoms with Crippen molar-refractivity contribution in [3.05, 3.63) is 0 Å². The van der Waals surface area contributed by atoms with E-state index in [1.54, 1.807) is 0 Å². The second-order valence-electron chi connectivity index (χ2n) is 5.33. The fourth-order valence-electron chi connectivity index (χ4n) is 3.00. The molecule has 1 aliphatic carbocycles. The molecule has 1 heterocycles. The van der Waals surface area contributed by atoms with Gasteiger partial charge in [0, 0.05) is 18.9 Å². The number of ether oxygens (including phenoxy) is 1. The summed E-state index contributed by atoms with van der Waals surface area (Å²) in [6.45, 7) is 0.932. The van der Waals surface area contributed by atoms with Gasteiger partial charge >= 0.3 is 0 Å². The van der Waals surface area contributed by atoms with Crippen molar-refractivity contribution in [2.45, 2.75) is 70.3 Å². The number of carbonyl (C=O) groups excluding carboxylic acids is 1. The second kappa shape index (κ2) is 6.39. The maximum atomic E-state index is 11.9. The predicted octanol–water partition coefficient (Wildman–Crippen LogP) is 3.49. The zero-order valence-corrected chi connectivity index (χ0v) is 10.2. The van der Waals surface area contributed by atoms with Gasteiger partial charge in [0.15, 0.2) is 0 Å². The van der Waals surface area contributed by atoms with Crippen LogP contribution in [0.2, 0.25) is 0 Å². The van der Waals surface area contributed by atoms with Crippen LogP contribution < -0.4 is 0 Å². The molecule has 2 aliphatic rings. The molecule has 0 spiro atoms. The van der Waals surface area contributed by atoms with Crippen molar-refractivity contribution in [1.82, 2.24) is 0 Å². The van der Waals surface area contributed by atoms with E-state index in [1.165, 1.54) is 32.1 Å². The molecule has 1 aliphatic heterocycles. The van der Waals surface area contributed by atoms with Crippen molar-refractivity contribution in [2.75, 3.05) is 6.61 Å². The fraction of sp³-hybridized carbons (Fsp3) is 0.929. The maximum Gasteiger partial charge on any atom is 0.135 e. The Bertz CT molecular complexity index is 213. The number of carbonyl (C=O) groups is 1. The normalized spacial score (nSPS) is 27.1. The maximum absolute atomic E-state index is 11.9. The van der Waals surface area contributed by atoms with Gasteiger partial charge in [0.2, 0.25) is 0 Å². The highest BCUT2D eigenvalue weighted by atomic mass is 16.5. The molecule has 2 fully saturated rings. The van der Waals surface area contributed by atoms with E-state index in [0.29, 0.717) is 17.8 Å². The Morgan fingerprint density at radius 1 is 1.06 bits per heavy atom. The Morgan fingerprint density at radius 3 is 2.56 bits per heavy atom. The molecule has 2 rings (SSSR count). The van der Waals surface area contributed by atoms with E-state index in [-0.39, 0.29) is 0 Å². The number of hydrogen-bond acceptors (Lipinski definition) is 2. The molecule has 0 aromatic rings. The van der Waals surface area contributed by atoms with Gasteiger partial charge in [-0.1, -0.05) is 19.3 Å². The first kappa shape index (κ1) is 12.1. The van der Waals surface area contributed by atoms with Crippen LogP contribution >= 0.6 is 0 Å². The highest BCUT2D eigenvalue weighted by Crippen LogP contribution is 2.26. The minimum Gasteiger partial charge on any atom is -0.378 e. The summed E-state index contributed by atoms with van der Waals surface area (Å²) in [5, 5.41) is 0. The molecule has 2 heteroatoms. The molecule has 16 heavy (non-hydrogen) atoms. The van der Waals surface area contributed by atoms with Crippen LogP contribution in [0.3, 0.4) is 0 Å². The van der Waals surface area contributed by atoms with E-state index in [4.69, 9.17) is 4.74 Å². The zero-order valence-electron chi connectivity index (χ0n) is 10.2. The highest BCUT2D eigenvalue weighted by molar-refractivity contribution is 5.80. The van der Waals surface area contributed by atoms with Crippen LogP contribution in [0.25, 0.3) is 0 Å². The molecule has 0 amide bonds. The smallest absolute Gasteiger partial charge is 0.135 e. The van der Waals surface area contributed by atoms with Crippen molar-refractivity contribution in [1.29, 1.82) is 0 Å². The minimum atomic E-state index is 0.401. The average Bonchev–Trinajstić information content (AvgIpc) is 2.83. The van der Waals surface area contributed by atoms with E-state index < -0.39 is 0 Å². The monoisotopic (exact) mass is 224 g/mol. The van der Waals surface area contributed by atoms with Gasteiger partial charge in [-0.25, -0.2) is 0 Å². The largest absolute Gasteiger partial charge is 0.378 e. The summed E-state index contributed by atoms with van der Waals surface area (Å²) < 4.78 is 5.57. The van der Waals surface area contributed by atoms with E-state index in [1.807, 2.05) is 0 Å². The summed E-state index contributed by atoms with van der Waals surface area (Å²) in [5.41, 5.74) is 0. The molecule has 1 saturated carbocycles. The number of rotatable bonds is 5. The lowest BCUT2D eigenvalue weighted by Crippen LogP contribution is -2.18. The first-order chi connectivity index (χ1) is 7.86. The third kappa shape index (κ3) is 3.58. The molecule has 92 valence electrons. The van der Waals surface area contributed by atoms with Crippen molar-refractivity contribution in [3.63, 3.8) is 0 Å². The van der Waals surface area contributed by atoms with Gasteiger partial charge < -0.3 is 4.74 Å². The lowest BCUT2D eigenvalue weighted by molar-refractivity contribution is -0.124. The van der Waals surface area contributed by atoms with Crippen LogP contribution in [0.4, 0.5) is 0 Å². The molecule has 0 radical (unpaired) electrons. The number of Topliss-reactive ketones (excluding diaryl/α,β-unsaturated/α-hetero) is 1. The topological polar surface area (TPSA) is 26.3 Å². The standard InChI is InChI=1S/C14H24O2/c15-14(12-6-2-1-3-7-12)10-4-8-13-9-5-11-16-13/h12-13H,1-11H2. The summed E-state index contributed by atoms with van der Waals surface area (Å²) in [4.78, 5) is 11.9. The van der Waals surface area contributed by atoms with E-state index >= 15 is 0 Å². The van der Waals surface area contributed by atoms with Gasteiger partial charge in [-0.3, -0.25) is 4.79 Å². The molecule has 0 aromatic heterocycles. The Balaban J connectivity index is 1.59. The van der Waals surface area contributed by atoms with Crippen LogP contribution in [-0.4, -0.2) is 18.5 Å². The Hall–Kier alpha value is -0.370. The number of hydrogen-bond donors (Lipinski definition) is 0. The van der Waals surface area contributed by atoms with E-state index in [0.717, 1.165) is 38.7 Å². The lowest BCUT2D eigenvalue weighted by atomic mass is 9.84. The van der Waals surface area contributed by atoms with Gasteiger partial charge in [-0.2, -0.15) is 0 Å². The molecular formula is C14H24O2. The summed E-state index contributed by atoms with van der Waals surface area (Å²) >= 11 is 0. The molecular weight excluding hydrogens is 200 g/mol. The third-order valence-corrected chi connectivity index (χ3v) is 4.03. The summed E-state index contributed by atoms with van der Waals surface area (Å²) in [6, 6.07) is 0. The van der Waals surface area contributed by atoms with Gasteiger partial charge in [0.05, 0.1) is 6.10 Å². The van der Waals surface area contributed by atoms with E-state index in [2.05, 4.69) is 0 Å². The van der Waals surface area contributed by atoms with Crippen LogP contribution in [0.1, 0.15) is 64.2 Å². The van der Waals surface area contributed by atoms with Gasteiger partial charge in [-0.15, -0.1) is 0 Å². The highest BCUT2D eigenvalue weighted by Gasteiger charge is 2.21. The second-order valence-corrected chi connectivity index (χ2v) is 5.33. The summed E-state index contributed by atoms with van der Waals surface area (Å²) in [5.74, 6) is 0.927. The average molecular weight is 224 g/mol. The quantitative estimate of drug-likeness (QED) is 0.714. The summed E-state index contributed by atoms with van der Waals surface area (Å²) in [6.07, 6.45) is 12.0. The molecule has 0 bridgehead atoms. The Kier molecular flexibility index (Phi) is 4.83. The fourth-order valence-corrected chi connectivity index (χ4v) is 3.00. The van der Waals surface area contributed by atoms with Crippen molar-refractivity contribution in [2.24, 2.45) is 5.92 Å². The predicted molar refractivity (Wildman–Crippen MR) is 64.4 cm³/mol. The van der Waals surface area contributed by atoms with E-state index in [9.17, 15) is 4.79 Å². The van der Waals surface area contributed by atoms with Crippen LogP contribution in [0.5, 0.6) is 0 Å². The van der Waals surface area contributed by atoms with Gasteiger partial charge in [-0.05, 0) is 38.5 Å². The van der Waals surface area contributed by atoms with Crippen LogP contribution in [-0.2, 0) is 9.53 Å². The van der Waals surface area contributed by atoms with Crippen LogP contribution in [0.15, 0.2) is 0 Å². The van der Waals surface area contributed by atoms with Crippen LogP contribution in [0, 0.1) is 5.92 Å². The molecule has 2 nitrogen and oxygen atoms in total. The first-order valence-electron chi connectivity index (χ1n) is 7.00. The first-order valence-corrected chi connectivity index (χ1v) is 7.00. The third-order valence-electron chi connectivity index (χ3n) is 4.03. The molecule has 0 N–H and O–H groups in total. The van der Waals surface area contributed by atoms with Gasteiger partial charge in [0.1, 0.15) is 5.78 Å². The SMILES string of the molecule is O=C(CCCC1CCCO1)C1CCCCC1. The van der Waals surface area contributed by atoms with Gasteiger partial charge in [0.25, 0.3) is 0 Å². The molecule has 1 atom stereocenters. The molecule has 1 unspecified atom stereocenters. The summed E-state index contributed by atoms with van der Waals surface area (Å²) in [7, 11) is 0. The zero-order chi connectivity index (χ0) is 11.2. The lowest BCUT2D eigenvalue weighted by Gasteiger charge is -2.20. The van der Waals surface area contributed by atoms with Crippen molar-refractivity contribution >= 4 is 5.78 Å². The Morgan fingerprint density at radius 2 is 1.88 bits per heavy atom. The number of ketones is 1. The molecule has 0 aromatic carbocycles. The molecule has 1 saturated heterocycles. The minimum absolute atomic E-state index is 0.401. The Labute approximate surface area is 98.7 Å². The van der Waals surface area contributed by atoms with Crippen molar-refractivity contribution < 1.29 is 9.53 Å². The van der Waals surface area contributed by atoms with Crippen molar-refractivity contribution in [3.8, 4) is 0 Å².